The minimum atomic E-state index is -0.0351. The fourth-order valence-electron chi connectivity index (χ4n) is 4.98. The number of nitrogens with zero attached hydrogens (tertiary/aromatic N) is 4. The average Bonchev–Trinajstić information content (AvgIpc) is 3.49. The third-order valence-electron chi connectivity index (χ3n) is 6.25. The van der Waals surface area contributed by atoms with Gasteiger partial charge >= 0.3 is 0 Å². The van der Waals surface area contributed by atoms with Gasteiger partial charge in [-0.25, -0.2) is 4.98 Å². The largest absolute Gasteiger partial charge is 0.490 e. The number of aliphatic hydroxyl groups excluding tert-OH is 1. The molecule has 3 aromatic rings. The quantitative estimate of drug-likeness (QED) is 0.598. The van der Waals surface area contributed by atoms with E-state index < -0.39 is 0 Å². The van der Waals surface area contributed by atoms with Crippen molar-refractivity contribution in [3.63, 3.8) is 0 Å². The van der Waals surface area contributed by atoms with Gasteiger partial charge < -0.3 is 14.7 Å². The fourth-order valence-corrected chi connectivity index (χ4v) is 5.65. The fraction of sp³-hybridized carbons (Fsp3) is 0.360. The van der Waals surface area contributed by atoms with E-state index in [1.54, 1.807) is 6.07 Å². The van der Waals surface area contributed by atoms with Crippen molar-refractivity contribution in [3.8, 4) is 33.8 Å². The van der Waals surface area contributed by atoms with Gasteiger partial charge in [-0.15, -0.1) is 0 Å². The zero-order valence-electron chi connectivity index (χ0n) is 18.5. The molecule has 168 valence electrons. The van der Waals surface area contributed by atoms with Gasteiger partial charge in [-0.05, 0) is 67.0 Å². The molecule has 2 heterocycles. The number of hydrogen-bond acceptors (Lipinski definition) is 7. The summed E-state index contributed by atoms with van der Waals surface area (Å²) in [6.45, 7) is 4.18. The molecule has 1 aliphatic heterocycles. The number of aliphatic hydroxyl groups is 1. The summed E-state index contributed by atoms with van der Waals surface area (Å²) in [6, 6.07) is 13.8. The van der Waals surface area contributed by atoms with E-state index in [0.29, 0.717) is 30.1 Å². The van der Waals surface area contributed by atoms with E-state index in [1.807, 2.05) is 43.0 Å². The van der Waals surface area contributed by atoms with Crippen LogP contribution >= 0.6 is 11.5 Å². The Bertz CT molecular complexity index is 1260. The number of likely N-dealkylation sites (tertiary alicyclic amines) is 1. The molecule has 2 atom stereocenters. The number of carbonyl (C=O) groups is 1. The van der Waals surface area contributed by atoms with Crippen molar-refractivity contribution in [2.45, 2.75) is 38.8 Å². The Balaban J connectivity index is 1.48. The number of aromatic nitrogens is 2. The molecule has 1 amide bonds. The molecule has 2 aliphatic rings. The SMILES string of the molecule is CC(C)Oc1ccc(-c2nc(-c3cccc4c3C[C@H]3CC(=O)N(CCO)[C@@H]43)ns2)cc1C#N. The zero-order chi connectivity index (χ0) is 23.1. The molecule has 1 aromatic heterocycles. The zero-order valence-corrected chi connectivity index (χ0v) is 19.3. The smallest absolute Gasteiger partial charge is 0.223 e. The molecule has 0 bridgehead atoms. The van der Waals surface area contributed by atoms with Crippen molar-refractivity contribution >= 4 is 17.4 Å². The van der Waals surface area contributed by atoms with E-state index in [1.165, 1.54) is 17.1 Å². The lowest BCUT2D eigenvalue weighted by molar-refractivity contribution is -0.129. The molecule has 0 unspecified atom stereocenters. The molecule has 7 nitrogen and oxygen atoms in total. The topological polar surface area (TPSA) is 99.3 Å². The lowest BCUT2D eigenvalue weighted by Crippen LogP contribution is -2.30. The molecule has 33 heavy (non-hydrogen) atoms. The second-order valence-electron chi connectivity index (χ2n) is 8.71. The van der Waals surface area contributed by atoms with E-state index in [4.69, 9.17) is 9.72 Å². The first kappa shape index (κ1) is 21.6. The van der Waals surface area contributed by atoms with Crippen LogP contribution in [0.1, 0.15) is 43.0 Å². The molecule has 1 aliphatic carbocycles. The van der Waals surface area contributed by atoms with Gasteiger partial charge in [0.2, 0.25) is 5.91 Å². The Labute approximate surface area is 196 Å². The van der Waals surface area contributed by atoms with E-state index in [9.17, 15) is 15.2 Å². The van der Waals surface area contributed by atoms with Crippen LogP contribution in [0.5, 0.6) is 5.75 Å². The van der Waals surface area contributed by atoms with Gasteiger partial charge in [0.15, 0.2) is 5.82 Å². The van der Waals surface area contributed by atoms with Crippen molar-refractivity contribution in [2.24, 2.45) is 5.92 Å². The van der Waals surface area contributed by atoms with Gasteiger partial charge in [0.05, 0.1) is 24.3 Å². The number of rotatable bonds is 6. The van der Waals surface area contributed by atoms with Crippen LogP contribution in [-0.4, -0.2) is 44.5 Å². The van der Waals surface area contributed by atoms with Crippen LogP contribution in [0.25, 0.3) is 22.0 Å². The highest BCUT2D eigenvalue weighted by atomic mass is 32.1. The maximum absolute atomic E-state index is 12.4. The third-order valence-corrected chi connectivity index (χ3v) is 7.02. The van der Waals surface area contributed by atoms with Crippen LogP contribution in [0.2, 0.25) is 0 Å². The highest BCUT2D eigenvalue weighted by Gasteiger charge is 2.46. The highest BCUT2D eigenvalue weighted by Crippen LogP contribution is 2.49. The van der Waals surface area contributed by atoms with Gasteiger partial charge in [0.25, 0.3) is 0 Å². The van der Waals surface area contributed by atoms with Gasteiger partial charge in [0.1, 0.15) is 16.8 Å². The van der Waals surface area contributed by atoms with Crippen molar-refractivity contribution in [3.05, 3.63) is 53.1 Å². The van der Waals surface area contributed by atoms with Crippen LogP contribution in [0.3, 0.4) is 0 Å². The standard InChI is InChI=1S/C25H24N4O3S/c1-14(2)32-21-7-6-15(10-17(21)13-26)25-27-24(28-33-25)19-5-3-4-18-20(19)11-16-12-22(31)29(8-9-30)23(16)18/h3-7,10,14,16,23,30H,8-9,11-12H2,1-2H3/t16-,23+/m0/s1. The Morgan fingerprint density at radius 1 is 1.30 bits per heavy atom. The number of amides is 1. The summed E-state index contributed by atoms with van der Waals surface area (Å²) in [6.07, 6.45) is 1.30. The van der Waals surface area contributed by atoms with Gasteiger partial charge in [-0.2, -0.15) is 9.64 Å². The predicted molar refractivity (Wildman–Crippen MR) is 125 cm³/mol. The van der Waals surface area contributed by atoms with Crippen LogP contribution < -0.4 is 4.74 Å². The number of hydrogen-bond donors (Lipinski definition) is 1. The molecule has 1 N–H and O–H groups in total. The first-order valence-corrected chi connectivity index (χ1v) is 11.8. The molecule has 2 aromatic carbocycles. The molecule has 8 heteroatoms. The first-order chi connectivity index (χ1) is 16.0. The maximum atomic E-state index is 12.4. The molecule has 0 saturated carbocycles. The number of β-amino-alcohol motifs (C(OH)–C–C–N with tert-alkyl or cyclic N) is 1. The summed E-state index contributed by atoms with van der Waals surface area (Å²) in [4.78, 5) is 19.0. The summed E-state index contributed by atoms with van der Waals surface area (Å²) >= 11 is 1.30. The molecule has 1 saturated heterocycles. The van der Waals surface area contributed by atoms with Crippen molar-refractivity contribution in [2.75, 3.05) is 13.2 Å². The van der Waals surface area contributed by atoms with E-state index >= 15 is 0 Å². The second-order valence-corrected chi connectivity index (χ2v) is 9.46. The lowest BCUT2D eigenvalue weighted by atomic mass is 10.0. The summed E-state index contributed by atoms with van der Waals surface area (Å²) in [5.74, 6) is 1.57. The number of fused-ring (bicyclic) bond motifs is 3. The summed E-state index contributed by atoms with van der Waals surface area (Å²) in [5.41, 5.74) is 4.61. The van der Waals surface area contributed by atoms with Gasteiger partial charge in [0, 0.05) is 24.1 Å². The van der Waals surface area contributed by atoms with Crippen LogP contribution in [-0.2, 0) is 11.2 Å². The van der Waals surface area contributed by atoms with Crippen LogP contribution in [0, 0.1) is 17.2 Å². The Hall–Kier alpha value is -3.28. The summed E-state index contributed by atoms with van der Waals surface area (Å²) in [7, 11) is 0. The maximum Gasteiger partial charge on any atom is 0.223 e. The van der Waals surface area contributed by atoms with Crippen molar-refractivity contribution in [1.82, 2.24) is 14.3 Å². The Kier molecular flexibility index (Phi) is 5.60. The molecular formula is C25H24N4O3S. The lowest BCUT2D eigenvalue weighted by Gasteiger charge is -2.24. The minimum Gasteiger partial charge on any atom is -0.490 e. The van der Waals surface area contributed by atoms with Crippen LogP contribution in [0.4, 0.5) is 0 Å². The molecular weight excluding hydrogens is 436 g/mol. The van der Waals surface area contributed by atoms with E-state index in [0.717, 1.165) is 28.1 Å². The molecule has 5 rings (SSSR count). The minimum absolute atomic E-state index is 0.0145. The molecule has 0 spiro atoms. The van der Waals surface area contributed by atoms with Crippen molar-refractivity contribution < 1.29 is 14.6 Å². The summed E-state index contributed by atoms with van der Waals surface area (Å²) in [5, 5.41) is 19.7. The number of carbonyl (C=O) groups excluding carboxylic acids is 1. The summed E-state index contributed by atoms with van der Waals surface area (Å²) < 4.78 is 10.3. The number of nitriles is 1. The number of benzene rings is 2. The first-order valence-electron chi connectivity index (χ1n) is 11.1. The Morgan fingerprint density at radius 3 is 2.91 bits per heavy atom. The molecule has 1 fully saturated rings. The monoisotopic (exact) mass is 460 g/mol. The average molecular weight is 461 g/mol. The Morgan fingerprint density at radius 2 is 2.15 bits per heavy atom. The predicted octanol–water partition coefficient (Wildman–Crippen LogP) is 3.97. The third kappa shape index (κ3) is 3.77. The van der Waals surface area contributed by atoms with Crippen LogP contribution in [0.15, 0.2) is 36.4 Å². The van der Waals surface area contributed by atoms with E-state index in [2.05, 4.69) is 16.5 Å². The highest BCUT2D eigenvalue weighted by molar-refractivity contribution is 7.09. The van der Waals surface area contributed by atoms with Gasteiger partial charge in [-0.1, -0.05) is 18.2 Å². The van der Waals surface area contributed by atoms with Crippen molar-refractivity contribution in [1.29, 1.82) is 5.26 Å². The molecule has 0 radical (unpaired) electrons. The number of ether oxygens (including phenoxy) is 1. The van der Waals surface area contributed by atoms with Gasteiger partial charge in [-0.3, -0.25) is 4.79 Å². The second kappa shape index (κ2) is 8.58. The van der Waals surface area contributed by atoms with E-state index in [-0.39, 0.29) is 30.6 Å². The normalized spacial score (nSPS) is 19.0.